The number of rotatable bonds is 7. The monoisotopic (exact) mass is 357 g/mol. The van der Waals surface area contributed by atoms with E-state index < -0.39 is 0 Å². The summed E-state index contributed by atoms with van der Waals surface area (Å²) in [7, 11) is 3.69. The van der Waals surface area contributed by atoms with Gasteiger partial charge in [0.1, 0.15) is 5.75 Å². The number of halogens is 1. The number of likely N-dealkylation sites (N-methyl/N-ethyl adjacent to an activating group) is 1. The predicted octanol–water partition coefficient (Wildman–Crippen LogP) is 4.04. The van der Waals surface area contributed by atoms with Crippen molar-refractivity contribution in [2.24, 2.45) is 5.41 Å². The van der Waals surface area contributed by atoms with Gasteiger partial charge in [-0.2, -0.15) is 0 Å². The predicted molar refractivity (Wildman–Crippen MR) is 92.1 cm³/mol. The van der Waals surface area contributed by atoms with Gasteiger partial charge in [-0.3, -0.25) is 0 Å². The highest BCUT2D eigenvalue weighted by atomic mass is 79.9. The fourth-order valence-corrected chi connectivity index (χ4v) is 2.99. The molecule has 1 N–H and O–H groups in total. The maximum absolute atomic E-state index is 6.02. The van der Waals surface area contributed by atoms with E-state index in [1.807, 2.05) is 26.1 Å². The molecule has 120 valence electrons. The molecular formula is C17H28BrNO2. The smallest absolute Gasteiger partial charge is 0.119 e. The SMILES string of the molecule is CCOC(C(Cc1cc(OC)ccc1Br)NC)C(C)(C)C. The Balaban J connectivity index is 3.00. The van der Waals surface area contributed by atoms with Crippen molar-refractivity contribution in [2.75, 3.05) is 20.8 Å². The first-order chi connectivity index (χ1) is 9.83. The summed E-state index contributed by atoms with van der Waals surface area (Å²) in [5.74, 6) is 0.881. The van der Waals surface area contributed by atoms with Crippen molar-refractivity contribution < 1.29 is 9.47 Å². The van der Waals surface area contributed by atoms with E-state index in [4.69, 9.17) is 9.47 Å². The minimum atomic E-state index is 0.0784. The molecule has 0 radical (unpaired) electrons. The Bertz CT molecular complexity index is 443. The molecule has 3 nitrogen and oxygen atoms in total. The molecule has 2 unspecified atom stereocenters. The number of benzene rings is 1. The first kappa shape index (κ1) is 18.5. The van der Waals surface area contributed by atoms with Gasteiger partial charge in [-0.1, -0.05) is 36.7 Å². The molecule has 1 aromatic rings. The third-order valence-corrected chi connectivity index (χ3v) is 4.40. The molecule has 0 spiro atoms. The molecule has 1 aromatic carbocycles. The van der Waals surface area contributed by atoms with Crippen molar-refractivity contribution in [3.8, 4) is 5.75 Å². The Morgan fingerprint density at radius 3 is 2.43 bits per heavy atom. The van der Waals surface area contributed by atoms with Gasteiger partial charge >= 0.3 is 0 Å². The lowest BCUT2D eigenvalue weighted by Crippen LogP contribution is -2.48. The minimum absolute atomic E-state index is 0.0784. The summed E-state index contributed by atoms with van der Waals surface area (Å²) in [4.78, 5) is 0. The number of hydrogen-bond acceptors (Lipinski definition) is 3. The zero-order valence-corrected chi connectivity index (χ0v) is 15.6. The van der Waals surface area contributed by atoms with Crippen molar-refractivity contribution in [3.05, 3.63) is 28.2 Å². The summed E-state index contributed by atoms with van der Waals surface area (Å²) in [6.07, 6.45) is 1.03. The quantitative estimate of drug-likeness (QED) is 0.798. The van der Waals surface area contributed by atoms with Crippen molar-refractivity contribution in [1.82, 2.24) is 5.32 Å². The topological polar surface area (TPSA) is 30.5 Å². The van der Waals surface area contributed by atoms with Gasteiger partial charge in [0.2, 0.25) is 0 Å². The van der Waals surface area contributed by atoms with Crippen molar-refractivity contribution in [3.63, 3.8) is 0 Å². The molecule has 0 aliphatic rings. The van der Waals surface area contributed by atoms with Gasteiger partial charge in [0.25, 0.3) is 0 Å². The lowest BCUT2D eigenvalue weighted by Gasteiger charge is -2.37. The van der Waals surface area contributed by atoms with Crippen LogP contribution in [0.3, 0.4) is 0 Å². The van der Waals surface area contributed by atoms with Crippen LogP contribution in [-0.2, 0) is 11.2 Å². The molecule has 0 amide bonds. The molecule has 0 heterocycles. The summed E-state index contributed by atoms with van der Waals surface area (Å²) in [6.45, 7) is 9.43. The Kier molecular flexibility index (Phi) is 7.17. The average molecular weight is 358 g/mol. The van der Waals surface area contributed by atoms with E-state index in [1.165, 1.54) is 5.56 Å². The van der Waals surface area contributed by atoms with Crippen LogP contribution < -0.4 is 10.1 Å². The van der Waals surface area contributed by atoms with E-state index in [2.05, 4.69) is 48.1 Å². The van der Waals surface area contributed by atoms with Crippen molar-refractivity contribution >= 4 is 15.9 Å². The molecule has 0 fully saturated rings. The Morgan fingerprint density at radius 1 is 1.29 bits per heavy atom. The highest BCUT2D eigenvalue weighted by Crippen LogP contribution is 2.29. The van der Waals surface area contributed by atoms with Gasteiger partial charge in [0.05, 0.1) is 13.2 Å². The zero-order chi connectivity index (χ0) is 16.0. The molecule has 2 atom stereocenters. The standard InChI is InChI=1S/C17H28BrNO2/c1-7-21-16(17(2,3)4)15(19-5)11-12-10-13(20-6)8-9-14(12)18/h8-10,15-16,19H,7,11H2,1-6H3. The third-order valence-electron chi connectivity index (χ3n) is 3.63. The van der Waals surface area contributed by atoms with Crippen molar-refractivity contribution in [2.45, 2.75) is 46.3 Å². The fourth-order valence-electron chi connectivity index (χ4n) is 2.58. The summed E-state index contributed by atoms with van der Waals surface area (Å²) in [6, 6.07) is 6.33. The van der Waals surface area contributed by atoms with E-state index in [1.54, 1.807) is 7.11 Å². The molecule has 1 rings (SSSR count). The van der Waals surface area contributed by atoms with Crippen LogP contribution in [0.5, 0.6) is 5.75 Å². The molecule has 0 saturated carbocycles. The van der Waals surface area contributed by atoms with Gasteiger partial charge in [-0.05, 0) is 49.6 Å². The highest BCUT2D eigenvalue weighted by molar-refractivity contribution is 9.10. The fraction of sp³-hybridized carbons (Fsp3) is 0.647. The third kappa shape index (κ3) is 5.28. The molecule has 21 heavy (non-hydrogen) atoms. The van der Waals surface area contributed by atoms with Gasteiger partial charge in [-0.15, -0.1) is 0 Å². The lowest BCUT2D eigenvalue weighted by atomic mass is 9.82. The van der Waals surface area contributed by atoms with Crippen LogP contribution in [0.4, 0.5) is 0 Å². The zero-order valence-electron chi connectivity index (χ0n) is 14.0. The van der Waals surface area contributed by atoms with E-state index in [9.17, 15) is 0 Å². The van der Waals surface area contributed by atoms with Crippen LogP contribution in [0.1, 0.15) is 33.3 Å². The van der Waals surface area contributed by atoms with Crippen LogP contribution >= 0.6 is 15.9 Å². The molecule has 4 heteroatoms. The summed E-state index contributed by atoms with van der Waals surface area (Å²) in [5.41, 5.74) is 1.30. The maximum Gasteiger partial charge on any atom is 0.119 e. The minimum Gasteiger partial charge on any atom is -0.497 e. The lowest BCUT2D eigenvalue weighted by molar-refractivity contribution is -0.0340. The van der Waals surface area contributed by atoms with Crippen LogP contribution in [0.15, 0.2) is 22.7 Å². The van der Waals surface area contributed by atoms with E-state index in [0.29, 0.717) is 0 Å². The van der Waals surface area contributed by atoms with Gasteiger partial charge in [0.15, 0.2) is 0 Å². The van der Waals surface area contributed by atoms with Gasteiger partial charge in [-0.25, -0.2) is 0 Å². The second-order valence-electron chi connectivity index (χ2n) is 6.30. The number of methoxy groups -OCH3 is 1. The first-order valence-corrected chi connectivity index (χ1v) is 8.24. The molecule has 0 saturated heterocycles. The Morgan fingerprint density at radius 2 is 1.95 bits per heavy atom. The van der Waals surface area contributed by atoms with Crippen LogP contribution in [-0.4, -0.2) is 32.9 Å². The van der Waals surface area contributed by atoms with E-state index >= 15 is 0 Å². The van der Waals surface area contributed by atoms with Crippen LogP contribution in [0.2, 0.25) is 0 Å². The summed E-state index contributed by atoms with van der Waals surface area (Å²) < 4.78 is 12.5. The maximum atomic E-state index is 6.02. The second kappa shape index (κ2) is 8.16. The second-order valence-corrected chi connectivity index (χ2v) is 7.15. The van der Waals surface area contributed by atoms with Crippen LogP contribution in [0, 0.1) is 5.41 Å². The summed E-state index contributed by atoms with van der Waals surface area (Å²) >= 11 is 3.63. The van der Waals surface area contributed by atoms with E-state index in [-0.39, 0.29) is 17.6 Å². The van der Waals surface area contributed by atoms with Gasteiger partial charge < -0.3 is 14.8 Å². The van der Waals surface area contributed by atoms with Gasteiger partial charge in [0, 0.05) is 17.1 Å². The molecule has 0 aliphatic heterocycles. The van der Waals surface area contributed by atoms with Crippen molar-refractivity contribution in [1.29, 1.82) is 0 Å². The summed E-state index contributed by atoms with van der Waals surface area (Å²) in [5, 5.41) is 3.42. The van der Waals surface area contributed by atoms with E-state index in [0.717, 1.165) is 23.2 Å². The molecule has 0 aromatic heterocycles. The van der Waals surface area contributed by atoms with Crippen LogP contribution in [0.25, 0.3) is 0 Å². The molecular weight excluding hydrogens is 330 g/mol. The Hall–Kier alpha value is -0.580. The largest absolute Gasteiger partial charge is 0.497 e. The normalized spacial score (nSPS) is 14.8. The number of ether oxygens (including phenoxy) is 2. The molecule has 0 bridgehead atoms. The number of nitrogens with one attached hydrogen (secondary N) is 1. The average Bonchev–Trinajstić information content (AvgIpc) is 2.43. The first-order valence-electron chi connectivity index (χ1n) is 7.44. The molecule has 0 aliphatic carbocycles. The highest BCUT2D eigenvalue weighted by Gasteiger charge is 2.32. The Labute approximate surface area is 137 Å². The number of hydrogen-bond donors (Lipinski definition) is 1.